The molecule has 0 aliphatic rings. The molecule has 0 aromatic heterocycles. The number of alkyl halides is 3. The predicted octanol–water partition coefficient (Wildman–Crippen LogP) is 4.50. The lowest BCUT2D eigenvalue weighted by Crippen LogP contribution is -2.33. The predicted molar refractivity (Wildman–Crippen MR) is 78.1 cm³/mol. The first-order valence-corrected chi connectivity index (χ1v) is 6.63. The fourth-order valence-corrected chi connectivity index (χ4v) is 1.90. The summed E-state index contributed by atoms with van der Waals surface area (Å²) in [7, 11) is 1.75. The summed E-state index contributed by atoms with van der Waals surface area (Å²) in [4.78, 5) is 0. The van der Waals surface area contributed by atoms with Crippen LogP contribution in [0.1, 0.15) is 11.1 Å². The van der Waals surface area contributed by atoms with Crippen LogP contribution in [-0.4, -0.2) is 7.05 Å². The Bertz CT molecular complexity index is 579. The van der Waals surface area contributed by atoms with Gasteiger partial charge >= 0.3 is 6.18 Å². The van der Waals surface area contributed by atoms with Gasteiger partial charge in [-0.3, -0.25) is 0 Å². The Balaban J connectivity index is 1.97. The summed E-state index contributed by atoms with van der Waals surface area (Å²) in [5.41, 5.74) is 4.12. The molecule has 6 heteroatoms. The molecule has 0 saturated carbocycles. The minimum Gasteiger partial charge on any atom is -0.311 e. The molecule has 0 atom stereocenters. The van der Waals surface area contributed by atoms with E-state index in [-0.39, 0.29) is 0 Å². The van der Waals surface area contributed by atoms with Gasteiger partial charge in [0.15, 0.2) is 0 Å². The molecule has 2 aromatic rings. The van der Waals surface area contributed by atoms with Gasteiger partial charge in [0.05, 0.1) is 11.3 Å². The lowest BCUT2D eigenvalue weighted by Gasteiger charge is -2.21. The summed E-state index contributed by atoms with van der Waals surface area (Å²) in [6.07, 6.45) is -4.31. The highest BCUT2D eigenvalue weighted by atomic mass is 35.5. The second kappa shape index (κ2) is 6.37. The molecule has 2 nitrogen and oxygen atoms in total. The summed E-state index contributed by atoms with van der Waals surface area (Å²) >= 11 is 5.80. The SMILES string of the molecule is CN(NCc1ccc(Cl)cc1)c1ccc(C(F)(F)F)cc1. The van der Waals surface area contributed by atoms with Crippen molar-refractivity contribution >= 4 is 17.3 Å². The monoisotopic (exact) mass is 314 g/mol. The topological polar surface area (TPSA) is 15.3 Å². The highest BCUT2D eigenvalue weighted by molar-refractivity contribution is 6.30. The van der Waals surface area contributed by atoms with Crippen LogP contribution in [0.25, 0.3) is 0 Å². The van der Waals surface area contributed by atoms with Gasteiger partial charge < -0.3 is 5.01 Å². The molecule has 0 bridgehead atoms. The van der Waals surface area contributed by atoms with Crippen LogP contribution in [0, 0.1) is 0 Å². The molecule has 0 saturated heterocycles. The zero-order valence-electron chi connectivity index (χ0n) is 11.3. The molecule has 0 aliphatic heterocycles. The molecule has 2 rings (SSSR count). The number of anilines is 1. The summed E-state index contributed by atoms with van der Waals surface area (Å²) in [5.74, 6) is 0. The molecule has 0 amide bonds. The van der Waals surface area contributed by atoms with Gasteiger partial charge in [-0.1, -0.05) is 23.7 Å². The first-order valence-electron chi connectivity index (χ1n) is 6.25. The number of hydrogen-bond acceptors (Lipinski definition) is 2. The van der Waals surface area contributed by atoms with Crippen molar-refractivity contribution < 1.29 is 13.2 Å². The largest absolute Gasteiger partial charge is 0.416 e. The number of rotatable bonds is 4. The highest BCUT2D eigenvalue weighted by Gasteiger charge is 2.30. The Hall–Kier alpha value is -1.72. The summed E-state index contributed by atoms with van der Waals surface area (Å²) in [6, 6.07) is 12.3. The molecule has 1 N–H and O–H groups in total. The smallest absolute Gasteiger partial charge is 0.311 e. The second-order valence-electron chi connectivity index (χ2n) is 4.57. The van der Waals surface area contributed by atoms with E-state index in [0.29, 0.717) is 17.3 Å². The van der Waals surface area contributed by atoms with Crippen molar-refractivity contribution in [2.45, 2.75) is 12.7 Å². The lowest BCUT2D eigenvalue weighted by atomic mass is 10.2. The van der Waals surface area contributed by atoms with E-state index >= 15 is 0 Å². The van der Waals surface area contributed by atoms with Gasteiger partial charge in [0.1, 0.15) is 0 Å². The third-order valence-electron chi connectivity index (χ3n) is 3.02. The summed E-state index contributed by atoms with van der Waals surface area (Å²) < 4.78 is 37.4. The Morgan fingerprint density at radius 1 is 1.00 bits per heavy atom. The van der Waals surface area contributed by atoms with Crippen molar-refractivity contribution in [3.63, 3.8) is 0 Å². The van der Waals surface area contributed by atoms with Crippen molar-refractivity contribution in [1.82, 2.24) is 5.43 Å². The van der Waals surface area contributed by atoms with Gasteiger partial charge in [-0.05, 0) is 42.0 Å². The number of hydrazine groups is 1. The van der Waals surface area contributed by atoms with Crippen molar-refractivity contribution in [2.75, 3.05) is 12.1 Å². The molecule has 112 valence electrons. The lowest BCUT2D eigenvalue weighted by molar-refractivity contribution is -0.137. The molecule has 0 unspecified atom stereocenters. The zero-order chi connectivity index (χ0) is 15.5. The fraction of sp³-hybridized carbons (Fsp3) is 0.200. The maximum absolute atomic E-state index is 12.5. The van der Waals surface area contributed by atoms with Gasteiger partial charge in [-0.15, -0.1) is 0 Å². The van der Waals surface area contributed by atoms with E-state index in [9.17, 15) is 13.2 Å². The minimum atomic E-state index is -4.31. The standard InChI is InChI=1S/C15H14ClF3N2/c1-21(20-10-11-2-6-13(16)7-3-11)14-8-4-12(5-9-14)15(17,18)19/h2-9,20H,10H2,1H3. The van der Waals surface area contributed by atoms with Gasteiger partial charge in [0, 0.05) is 18.6 Å². The van der Waals surface area contributed by atoms with Crippen LogP contribution in [0.5, 0.6) is 0 Å². The van der Waals surface area contributed by atoms with Crippen LogP contribution in [0.4, 0.5) is 18.9 Å². The maximum Gasteiger partial charge on any atom is 0.416 e. The van der Waals surface area contributed by atoms with E-state index in [2.05, 4.69) is 5.43 Å². The number of nitrogens with zero attached hydrogens (tertiary/aromatic N) is 1. The van der Waals surface area contributed by atoms with Crippen LogP contribution in [0.15, 0.2) is 48.5 Å². The molecule has 21 heavy (non-hydrogen) atoms. The summed E-state index contributed by atoms with van der Waals surface area (Å²) in [6.45, 7) is 0.550. The molecular weight excluding hydrogens is 301 g/mol. The van der Waals surface area contributed by atoms with Crippen molar-refractivity contribution in [3.05, 3.63) is 64.7 Å². The Labute approximate surface area is 126 Å². The molecule has 0 radical (unpaired) electrons. The van der Waals surface area contributed by atoms with Crippen LogP contribution in [0.2, 0.25) is 5.02 Å². The Morgan fingerprint density at radius 3 is 2.10 bits per heavy atom. The number of hydrogen-bond donors (Lipinski definition) is 1. The Morgan fingerprint density at radius 2 is 1.57 bits per heavy atom. The van der Waals surface area contributed by atoms with E-state index < -0.39 is 11.7 Å². The summed E-state index contributed by atoms with van der Waals surface area (Å²) in [5, 5.41) is 2.34. The maximum atomic E-state index is 12.5. The minimum absolute atomic E-state index is 0.550. The molecule has 0 fully saturated rings. The average Bonchev–Trinajstić information content (AvgIpc) is 2.45. The van der Waals surface area contributed by atoms with E-state index in [4.69, 9.17) is 11.6 Å². The van der Waals surface area contributed by atoms with Crippen LogP contribution in [0.3, 0.4) is 0 Å². The van der Waals surface area contributed by atoms with Gasteiger partial charge in [-0.2, -0.15) is 13.2 Å². The number of halogens is 4. The average molecular weight is 315 g/mol. The van der Waals surface area contributed by atoms with Crippen LogP contribution >= 0.6 is 11.6 Å². The van der Waals surface area contributed by atoms with Gasteiger partial charge in [0.25, 0.3) is 0 Å². The van der Waals surface area contributed by atoms with Gasteiger partial charge in [-0.25, -0.2) is 5.43 Å². The zero-order valence-corrected chi connectivity index (χ0v) is 12.0. The van der Waals surface area contributed by atoms with Crippen molar-refractivity contribution in [3.8, 4) is 0 Å². The molecular formula is C15H14ClF3N2. The van der Waals surface area contributed by atoms with Crippen LogP contribution < -0.4 is 10.4 Å². The van der Waals surface area contributed by atoms with E-state index in [1.54, 1.807) is 24.2 Å². The number of benzene rings is 2. The van der Waals surface area contributed by atoms with E-state index in [1.807, 2.05) is 12.1 Å². The third-order valence-corrected chi connectivity index (χ3v) is 3.27. The number of nitrogens with one attached hydrogen (secondary N) is 1. The molecule has 0 spiro atoms. The van der Waals surface area contributed by atoms with Crippen LogP contribution in [-0.2, 0) is 12.7 Å². The quantitative estimate of drug-likeness (QED) is 0.836. The highest BCUT2D eigenvalue weighted by Crippen LogP contribution is 2.30. The van der Waals surface area contributed by atoms with E-state index in [1.165, 1.54) is 12.1 Å². The normalized spacial score (nSPS) is 11.5. The molecule has 0 aliphatic carbocycles. The van der Waals surface area contributed by atoms with E-state index in [0.717, 1.165) is 17.7 Å². The van der Waals surface area contributed by atoms with Gasteiger partial charge in [0.2, 0.25) is 0 Å². The fourth-order valence-electron chi connectivity index (χ4n) is 1.78. The first-order chi connectivity index (χ1) is 9.86. The molecule has 2 aromatic carbocycles. The first kappa shape index (κ1) is 15.7. The third kappa shape index (κ3) is 4.37. The molecule has 0 heterocycles. The Kier molecular flexibility index (Phi) is 4.75. The van der Waals surface area contributed by atoms with Crippen molar-refractivity contribution in [2.24, 2.45) is 0 Å². The second-order valence-corrected chi connectivity index (χ2v) is 5.00. The van der Waals surface area contributed by atoms with Crippen molar-refractivity contribution in [1.29, 1.82) is 0 Å².